The fourth-order valence-corrected chi connectivity index (χ4v) is 2.12. The molecule has 1 fully saturated rings. The Hall–Kier alpha value is -1.76. The highest BCUT2D eigenvalue weighted by molar-refractivity contribution is 5.96. The fraction of sp³-hybridized carbons (Fsp3) is 0.462. The van der Waals surface area contributed by atoms with Crippen molar-refractivity contribution in [3.05, 3.63) is 29.6 Å². The molecule has 1 amide bonds. The Labute approximate surface area is 114 Å². The van der Waals surface area contributed by atoms with Gasteiger partial charge in [-0.2, -0.15) is 8.78 Å². The van der Waals surface area contributed by atoms with E-state index in [4.69, 9.17) is 0 Å². The van der Waals surface area contributed by atoms with Crippen molar-refractivity contribution in [2.24, 2.45) is 0 Å². The number of halogens is 3. The van der Waals surface area contributed by atoms with Gasteiger partial charge in [0.15, 0.2) is 0 Å². The van der Waals surface area contributed by atoms with Crippen LogP contribution in [0.5, 0.6) is 5.75 Å². The van der Waals surface area contributed by atoms with Gasteiger partial charge in [0.05, 0.1) is 5.56 Å². The number of nitrogens with one attached hydrogen (secondary N) is 2. The minimum Gasteiger partial charge on any atom is -0.434 e. The van der Waals surface area contributed by atoms with Gasteiger partial charge in [0, 0.05) is 18.7 Å². The van der Waals surface area contributed by atoms with E-state index in [2.05, 4.69) is 15.4 Å². The molecule has 1 aromatic rings. The number of carbonyl (C=O) groups is 1. The smallest absolute Gasteiger partial charge is 0.387 e. The Kier molecular flexibility index (Phi) is 4.84. The first-order valence-corrected chi connectivity index (χ1v) is 6.32. The standard InChI is InChI=1S/C13H15F3N2O2/c14-8-3-4-10(11(6-8)20-13(15)16)12(19)18-7-9-2-1-5-17-9/h3-4,6,9,13,17H,1-2,5,7H2,(H,18,19). The topological polar surface area (TPSA) is 50.4 Å². The highest BCUT2D eigenvalue weighted by Gasteiger charge is 2.19. The highest BCUT2D eigenvalue weighted by atomic mass is 19.3. The first-order chi connectivity index (χ1) is 9.56. The van der Waals surface area contributed by atoms with Gasteiger partial charge in [-0.15, -0.1) is 0 Å². The third-order valence-electron chi connectivity index (χ3n) is 3.08. The van der Waals surface area contributed by atoms with Crippen molar-refractivity contribution in [1.29, 1.82) is 0 Å². The lowest BCUT2D eigenvalue weighted by Crippen LogP contribution is -2.37. The van der Waals surface area contributed by atoms with Gasteiger partial charge in [-0.1, -0.05) is 0 Å². The number of alkyl halides is 2. The molecule has 0 aromatic heterocycles. The third-order valence-corrected chi connectivity index (χ3v) is 3.08. The number of ether oxygens (including phenoxy) is 1. The molecule has 0 saturated carbocycles. The van der Waals surface area contributed by atoms with Crippen molar-refractivity contribution in [3.8, 4) is 5.75 Å². The Bertz CT molecular complexity index is 477. The number of hydrogen-bond acceptors (Lipinski definition) is 3. The maximum absolute atomic E-state index is 13.0. The second-order valence-corrected chi connectivity index (χ2v) is 4.52. The van der Waals surface area contributed by atoms with Crippen LogP contribution in [-0.2, 0) is 0 Å². The summed E-state index contributed by atoms with van der Waals surface area (Å²) in [5.41, 5.74) is -0.107. The number of amides is 1. The molecule has 110 valence electrons. The zero-order chi connectivity index (χ0) is 14.5. The summed E-state index contributed by atoms with van der Waals surface area (Å²) in [4.78, 5) is 11.9. The van der Waals surface area contributed by atoms with Crippen molar-refractivity contribution in [1.82, 2.24) is 10.6 Å². The predicted molar refractivity (Wildman–Crippen MR) is 66.4 cm³/mol. The third kappa shape index (κ3) is 3.86. The van der Waals surface area contributed by atoms with E-state index in [1.54, 1.807) is 0 Å². The molecule has 20 heavy (non-hydrogen) atoms. The van der Waals surface area contributed by atoms with Crippen LogP contribution >= 0.6 is 0 Å². The van der Waals surface area contributed by atoms with Crippen molar-refractivity contribution in [2.75, 3.05) is 13.1 Å². The minimum absolute atomic E-state index is 0.107. The van der Waals surface area contributed by atoms with Crippen molar-refractivity contribution >= 4 is 5.91 Å². The monoisotopic (exact) mass is 288 g/mol. The maximum atomic E-state index is 13.0. The molecule has 1 aliphatic rings. The fourth-order valence-electron chi connectivity index (χ4n) is 2.12. The summed E-state index contributed by atoms with van der Waals surface area (Å²) in [6.07, 6.45) is 1.99. The Balaban J connectivity index is 2.03. The lowest BCUT2D eigenvalue weighted by molar-refractivity contribution is -0.0503. The molecule has 7 heteroatoms. The first-order valence-electron chi connectivity index (χ1n) is 6.32. The number of benzene rings is 1. The van der Waals surface area contributed by atoms with Crippen LogP contribution in [0, 0.1) is 5.82 Å². The largest absolute Gasteiger partial charge is 0.434 e. The van der Waals surface area contributed by atoms with Gasteiger partial charge in [0.2, 0.25) is 0 Å². The molecule has 1 unspecified atom stereocenters. The summed E-state index contributed by atoms with van der Waals surface area (Å²) in [5.74, 6) is -1.76. The molecular weight excluding hydrogens is 273 g/mol. The molecule has 1 heterocycles. The molecule has 2 N–H and O–H groups in total. The molecule has 1 aromatic carbocycles. The quantitative estimate of drug-likeness (QED) is 0.870. The second kappa shape index (κ2) is 6.60. The van der Waals surface area contributed by atoms with E-state index in [0.717, 1.165) is 37.6 Å². The van der Waals surface area contributed by atoms with Gasteiger partial charge in [0.25, 0.3) is 5.91 Å². The molecule has 0 bridgehead atoms. The van der Waals surface area contributed by atoms with E-state index < -0.39 is 24.1 Å². The van der Waals surface area contributed by atoms with E-state index in [1.165, 1.54) is 0 Å². The molecule has 2 rings (SSSR count). The van der Waals surface area contributed by atoms with Gasteiger partial charge < -0.3 is 15.4 Å². The zero-order valence-electron chi connectivity index (χ0n) is 10.7. The Morgan fingerprint density at radius 1 is 1.50 bits per heavy atom. The van der Waals surface area contributed by atoms with Gasteiger partial charge in [-0.25, -0.2) is 4.39 Å². The Morgan fingerprint density at radius 2 is 2.30 bits per heavy atom. The number of rotatable bonds is 5. The van der Waals surface area contributed by atoms with E-state index in [-0.39, 0.29) is 11.6 Å². The van der Waals surface area contributed by atoms with Crippen LogP contribution in [0.3, 0.4) is 0 Å². The average molecular weight is 288 g/mol. The van der Waals surface area contributed by atoms with Gasteiger partial charge >= 0.3 is 6.61 Å². The number of carbonyl (C=O) groups excluding carboxylic acids is 1. The highest BCUT2D eigenvalue weighted by Crippen LogP contribution is 2.22. The molecule has 1 aliphatic heterocycles. The molecular formula is C13H15F3N2O2. The Morgan fingerprint density at radius 3 is 2.95 bits per heavy atom. The predicted octanol–water partition coefficient (Wildman–Crippen LogP) is 1.91. The van der Waals surface area contributed by atoms with Crippen molar-refractivity contribution < 1.29 is 22.7 Å². The van der Waals surface area contributed by atoms with Gasteiger partial charge in [-0.05, 0) is 31.5 Å². The first kappa shape index (κ1) is 14.6. The SMILES string of the molecule is O=C(NCC1CCCN1)c1ccc(F)cc1OC(F)F. The maximum Gasteiger partial charge on any atom is 0.387 e. The van der Waals surface area contributed by atoms with Crippen LogP contribution in [-0.4, -0.2) is 31.7 Å². The minimum atomic E-state index is -3.11. The summed E-state index contributed by atoms with van der Waals surface area (Å²) in [7, 11) is 0. The van der Waals surface area contributed by atoms with Crippen LogP contribution in [0.4, 0.5) is 13.2 Å². The molecule has 0 radical (unpaired) electrons. The molecule has 0 spiro atoms. The van der Waals surface area contributed by atoms with Crippen LogP contribution in [0.15, 0.2) is 18.2 Å². The van der Waals surface area contributed by atoms with Crippen molar-refractivity contribution in [2.45, 2.75) is 25.5 Å². The van der Waals surface area contributed by atoms with E-state index in [9.17, 15) is 18.0 Å². The van der Waals surface area contributed by atoms with Gasteiger partial charge in [-0.3, -0.25) is 4.79 Å². The van der Waals surface area contributed by atoms with E-state index in [1.807, 2.05) is 0 Å². The molecule has 4 nitrogen and oxygen atoms in total. The summed E-state index contributed by atoms with van der Waals surface area (Å²) in [6.45, 7) is -1.82. The summed E-state index contributed by atoms with van der Waals surface area (Å²) in [5, 5.41) is 5.82. The second-order valence-electron chi connectivity index (χ2n) is 4.52. The van der Waals surface area contributed by atoms with Gasteiger partial charge in [0.1, 0.15) is 11.6 Å². The number of hydrogen-bond donors (Lipinski definition) is 2. The molecule has 0 aliphatic carbocycles. The molecule has 1 atom stereocenters. The lowest BCUT2D eigenvalue weighted by atomic mass is 10.1. The summed E-state index contributed by atoms with van der Waals surface area (Å²) in [6, 6.07) is 3.11. The van der Waals surface area contributed by atoms with Crippen LogP contribution in [0.25, 0.3) is 0 Å². The summed E-state index contributed by atoms with van der Waals surface area (Å²) >= 11 is 0. The summed E-state index contributed by atoms with van der Waals surface area (Å²) < 4.78 is 41.7. The average Bonchev–Trinajstić information content (AvgIpc) is 2.88. The molecule has 1 saturated heterocycles. The van der Waals surface area contributed by atoms with Crippen LogP contribution < -0.4 is 15.4 Å². The van der Waals surface area contributed by atoms with Crippen LogP contribution in [0.1, 0.15) is 23.2 Å². The normalized spacial score (nSPS) is 18.3. The zero-order valence-corrected chi connectivity index (χ0v) is 10.7. The lowest BCUT2D eigenvalue weighted by Gasteiger charge is -2.14. The van der Waals surface area contributed by atoms with Crippen molar-refractivity contribution in [3.63, 3.8) is 0 Å². The van der Waals surface area contributed by atoms with E-state index in [0.29, 0.717) is 6.54 Å². The van der Waals surface area contributed by atoms with E-state index >= 15 is 0 Å². The van der Waals surface area contributed by atoms with Crippen LogP contribution in [0.2, 0.25) is 0 Å².